The summed E-state index contributed by atoms with van der Waals surface area (Å²) in [5.41, 5.74) is 1.13. The number of hydrogen-bond donors (Lipinski definition) is 1. The van der Waals surface area contributed by atoms with Gasteiger partial charge in [-0.25, -0.2) is 0 Å². The Bertz CT molecular complexity index is 624. The van der Waals surface area contributed by atoms with E-state index in [0.717, 1.165) is 43.5 Å². The van der Waals surface area contributed by atoms with Gasteiger partial charge in [-0.1, -0.05) is 31.0 Å². The predicted molar refractivity (Wildman–Crippen MR) is 89.1 cm³/mol. The van der Waals surface area contributed by atoms with Crippen LogP contribution in [0.15, 0.2) is 24.3 Å². The average molecular weight is 314 g/mol. The summed E-state index contributed by atoms with van der Waals surface area (Å²) in [4.78, 5) is 16.9. The summed E-state index contributed by atoms with van der Waals surface area (Å²) in [6.45, 7) is 2.99. The van der Waals surface area contributed by atoms with Crippen LogP contribution >= 0.6 is 0 Å². The number of piperidine rings is 1. The highest BCUT2D eigenvalue weighted by molar-refractivity contribution is 5.98. The molecule has 0 aromatic heterocycles. The van der Waals surface area contributed by atoms with Crippen LogP contribution in [0.1, 0.15) is 48.0 Å². The molecule has 2 aliphatic heterocycles. The zero-order chi connectivity index (χ0) is 16.1. The Morgan fingerprint density at radius 1 is 1.17 bits per heavy atom. The third-order valence-corrected chi connectivity index (χ3v) is 6.38. The molecule has 1 amide bonds. The number of carbonyl (C=O) groups is 1. The zero-order valence-corrected chi connectivity index (χ0v) is 13.9. The number of hydrogen-bond acceptors (Lipinski definition) is 3. The monoisotopic (exact) mass is 314 g/mol. The number of carbonyl (C=O) groups excluding carboxylic acids is 1. The summed E-state index contributed by atoms with van der Waals surface area (Å²) in [6.07, 6.45) is 5.34. The Labute approximate surface area is 138 Å². The fraction of sp³-hybridized carbons (Fsp3) is 0.632. The van der Waals surface area contributed by atoms with Gasteiger partial charge in [-0.05, 0) is 37.9 Å². The van der Waals surface area contributed by atoms with Crippen molar-refractivity contribution in [3.05, 3.63) is 35.4 Å². The van der Waals surface area contributed by atoms with Crippen molar-refractivity contribution in [3.8, 4) is 0 Å². The van der Waals surface area contributed by atoms with E-state index in [1.807, 2.05) is 29.2 Å². The lowest BCUT2D eigenvalue weighted by atomic mass is 9.66. The molecule has 1 saturated heterocycles. The van der Waals surface area contributed by atoms with Crippen molar-refractivity contribution in [1.29, 1.82) is 0 Å². The van der Waals surface area contributed by atoms with E-state index in [0.29, 0.717) is 13.1 Å². The van der Waals surface area contributed by atoms with Gasteiger partial charge in [-0.15, -0.1) is 0 Å². The highest BCUT2D eigenvalue weighted by atomic mass is 16.3. The van der Waals surface area contributed by atoms with Crippen LogP contribution < -0.4 is 0 Å². The Morgan fingerprint density at radius 2 is 1.91 bits per heavy atom. The molecular formula is C19H26N2O2. The van der Waals surface area contributed by atoms with E-state index in [1.165, 1.54) is 12.8 Å². The molecule has 1 saturated carbocycles. The molecule has 1 aromatic carbocycles. The van der Waals surface area contributed by atoms with Crippen LogP contribution in [0, 0.1) is 5.41 Å². The number of likely N-dealkylation sites (tertiary alicyclic amines) is 1. The van der Waals surface area contributed by atoms with Gasteiger partial charge >= 0.3 is 0 Å². The van der Waals surface area contributed by atoms with Crippen molar-refractivity contribution in [3.63, 3.8) is 0 Å². The lowest BCUT2D eigenvalue weighted by Crippen LogP contribution is -2.62. The van der Waals surface area contributed by atoms with Gasteiger partial charge in [0.1, 0.15) is 0 Å². The van der Waals surface area contributed by atoms with Crippen molar-refractivity contribution in [1.82, 2.24) is 9.80 Å². The third-order valence-electron chi connectivity index (χ3n) is 6.38. The van der Waals surface area contributed by atoms with Crippen molar-refractivity contribution in [2.75, 3.05) is 26.7 Å². The Hall–Kier alpha value is -1.39. The van der Waals surface area contributed by atoms with Crippen LogP contribution in [0.5, 0.6) is 0 Å². The minimum Gasteiger partial charge on any atom is -0.387 e. The summed E-state index contributed by atoms with van der Waals surface area (Å²) in [5, 5.41) is 11.6. The molecule has 4 nitrogen and oxygen atoms in total. The molecule has 0 bridgehead atoms. The fourth-order valence-electron chi connectivity index (χ4n) is 5.06. The zero-order valence-electron chi connectivity index (χ0n) is 13.9. The van der Waals surface area contributed by atoms with Gasteiger partial charge in [0.25, 0.3) is 5.91 Å². The van der Waals surface area contributed by atoms with Crippen molar-refractivity contribution < 1.29 is 9.90 Å². The molecule has 124 valence electrons. The van der Waals surface area contributed by atoms with Crippen LogP contribution in [0.4, 0.5) is 0 Å². The van der Waals surface area contributed by atoms with Gasteiger partial charge in [-0.2, -0.15) is 0 Å². The second-order valence-electron chi connectivity index (χ2n) is 7.83. The fourth-order valence-corrected chi connectivity index (χ4v) is 5.06. The SMILES string of the molecule is CN1CCC(O)(CN2Cc3ccccc3C2=O)C2(CCCC2)C1. The average Bonchev–Trinajstić information content (AvgIpc) is 3.12. The lowest BCUT2D eigenvalue weighted by Gasteiger charge is -2.52. The first-order valence-corrected chi connectivity index (χ1v) is 8.81. The van der Waals surface area contributed by atoms with Gasteiger partial charge in [0.15, 0.2) is 0 Å². The number of aliphatic hydroxyl groups is 1. The second-order valence-corrected chi connectivity index (χ2v) is 7.83. The minimum absolute atomic E-state index is 0.0327. The first kappa shape index (κ1) is 15.2. The molecule has 23 heavy (non-hydrogen) atoms. The minimum atomic E-state index is -0.742. The highest BCUT2D eigenvalue weighted by Crippen LogP contribution is 2.51. The Morgan fingerprint density at radius 3 is 2.65 bits per heavy atom. The molecule has 1 unspecified atom stereocenters. The topological polar surface area (TPSA) is 43.8 Å². The maximum atomic E-state index is 12.7. The quantitative estimate of drug-likeness (QED) is 0.911. The van der Waals surface area contributed by atoms with Gasteiger partial charge in [0.05, 0.1) is 12.1 Å². The highest BCUT2D eigenvalue weighted by Gasteiger charge is 2.55. The van der Waals surface area contributed by atoms with Gasteiger partial charge < -0.3 is 14.9 Å². The molecular weight excluding hydrogens is 288 g/mol. The summed E-state index contributed by atoms with van der Waals surface area (Å²) >= 11 is 0. The van der Waals surface area contributed by atoms with Crippen LogP contribution in [-0.2, 0) is 6.54 Å². The number of fused-ring (bicyclic) bond motifs is 1. The largest absolute Gasteiger partial charge is 0.387 e. The third kappa shape index (κ3) is 2.31. The molecule has 3 aliphatic rings. The summed E-state index contributed by atoms with van der Waals surface area (Å²) in [5.74, 6) is 0.0844. The normalized spacial score (nSPS) is 30.2. The van der Waals surface area contributed by atoms with Crippen LogP contribution in [0.3, 0.4) is 0 Å². The maximum Gasteiger partial charge on any atom is 0.254 e. The first-order chi connectivity index (χ1) is 11.0. The van der Waals surface area contributed by atoms with E-state index in [-0.39, 0.29) is 11.3 Å². The molecule has 1 N–H and O–H groups in total. The number of benzene rings is 1. The molecule has 4 heteroatoms. The van der Waals surface area contributed by atoms with Crippen molar-refractivity contribution >= 4 is 5.91 Å². The molecule has 0 radical (unpaired) electrons. The van der Waals surface area contributed by atoms with E-state index in [4.69, 9.17) is 0 Å². The van der Waals surface area contributed by atoms with Crippen LogP contribution in [-0.4, -0.2) is 53.1 Å². The summed E-state index contributed by atoms with van der Waals surface area (Å²) < 4.78 is 0. The molecule has 1 aliphatic carbocycles. The van der Waals surface area contributed by atoms with Crippen LogP contribution in [0.2, 0.25) is 0 Å². The summed E-state index contributed by atoms with van der Waals surface area (Å²) in [7, 11) is 2.15. The molecule has 4 rings (SSSR count). The maximum absolute atomic E-state index is 12.7. The number of rotatable bonds is 2. The standard InChI is InChI=1S/C19H26N2O2/c1-20-11-10-19(23,18(13-20)8-4-5-9-18)14-21-12-15-6-2-3-7-16(15)17(21)22/h2-3,6-7,23H,4-5,8-14H2,1H3. The first-order valence-electron chi connectivity index (χ1n) is 8.81. The number of amides is 1. The molecule has 1 atom stereocenters. The van der Waals surface area contributed by atoms with Gasteiger partial charge in [0, 0.05) is 30.6 Å². The van der Waals surface area contributed by atoms with E-state index in [2.05, 4.69) is 11.9 Å². The van der Waals surface area contributed by atoms with E-state index >= 15 is 0 Å². The second kappa shape index (κ2) is 5.32. The van der Waals surface area contributed by atoms with Crippen LogP contribution in [0.25, 0.3) is 0 Å². The predicted octanol–water partition coefficient (Wildman–Crippen LogP) is 2.27. The molecule has 1 spiro atoms. The van der Waals surface area contributed by atoms with Crippen molar-refractivity contribution in [2.24, 2.45) is 5.41 Å². The van der Waals surface area contributed by atoms with E-state index in [9.17, 15) is 9.90 Å². The Kier molecular flexibility index (Phi) is 3.50. The van der Waals surface area contributed by atoms with Crippen molar-refractivity contribution in [2.45, 2.75) is 44.2 Å². The number of β-amino-alcohol motifs (C(OH)–C–C–N with tert-alkyl or cyclic N) is 1. The van der Waals surface area contributed by atoms with Gasteiger partial charge in [-0.3, -0.25) is 4.79 Å². The summed E-state index contributed by atoms with van der Waals surface area (Å²) in [6, 6.07) is 7.83. The van der Waals surface area contributed by atoms with E-state index < -0.39 is 5.60 Å². The van der Waals surface area contributed by atoms with Gasteiger partial charge in [0.2, 0.25) is 0 Å². The molecule has 2 heterocycles. The van der Waals surface area contributed by atoms with E-state index in [1.54, 1.807) is 0 Å². The Balaban J connectivity index is 1.59. The lowest BCUT2D eigenvalue weighted by molar-refractivity contribution is -0.138. The smallest absolute Gasteiger partial charge is 0.254 e. The molecule has 1 aromatic rings. The number of nitrogens with zero attached hydrogens (tertiary/aromatic N) is 2. The molecule has 2 fully saturated rings.